The van der Waals surface area contributed by atoms with Crippen LogP contribution in [0.5, 0.6) is 0 Å². The van der Waals surface area contributed by atoms with Gasteiger partial charge in [-0.05, 0) is 36.4 Å². The SMILES string of the molecule is N#C/C(=C\c1ccc(-c2cccc(Cl)c2)o1)c1nc2ccccc2c(=O)[nH]1. The number of nitriles is 1. The Morgan fingerprint density at radius 3 is 2.81 bits per heavy atom. The number of benzene rings is 2. The van der Waals surface area contributed by atoms with Crippen LogP contribution in [0.3, 0.4) is 0 Å². The van der Waals surface area contributed by atoms with Crippen LogP contribution in [-0.4, -0.2) is 9.97 Å². The number of rotatable bonds is 3. The minimum atomic E-state index is -0.296. The Morgan fingerprint density at radius 1 is 1.15 bits per heavy atom. The highest BCUT2D eigenvalue weighted by Crippen LogP contribution is 2.26. The highest BCUT2D eigenvalue weighted by molar-refractivity contribution is 6.30. The van der Waals surface area contributed by atoms with Crippen molar-refractivity contribution in [2.45, 2.75) is 0 Å². The van der Waals surface area contributed by atoms with Crippen LogP contribution in [0.4, 0.5) is 0 Å². The third-order valence-corrected chi connectivity index (χ3v) is 4.25. The summed E-state index contributed by atoms with van der Waals surface area (Å²) in [4.78, 5) is 19.3. The van der Waals surface area contributed by atoms with Crippen LogP contribution in [0, 0.1) is 11.3 Å². The second kappa shape index (κ2) is 6.94. The van der Waals surface area contributed by atoms with Crippen molar-refractivity contribution < 1.29 is 4.42 Å². The molecule has 0 amide bonds. The van der Waals surface area contributed by atoms with Crippen molar-refractivity contribution in [1.82, 2.24) is 9.97 Å². The van der Waals surface area contributed by atoms with Gasteiger partial charge in [-0.3, -0.25) is 4.79 Å². The lowest BCUT2D eigenvalue weighted by Gasteiger charge is -2.01. The molecule has 0 atom stereocenters. The van der Waals surface area contributed by atoms with Gasteiger partial charge in [-0.2, -0.15) is 5.26 Å². The molecular formula is C21H12ClN3O2. The Labute approximate surface area is 159 Å². The molecule has 0 saturated carbocycles. The number of para-hydroxylation sites is 1. The lowest BCUT2D eigenvalue weighted by molar-refractivity contribution is 0.572. The molecule has 1 N–H and O–H groups in total. The number of nitrogens with one attached hydrogen (secondary N) is 1. The number of furan rings is 1. The largest absolute Gasteiger partial charge is 0.457 e. The van der Waals surface area contributed by atoms with Gasteiger partial charge < -0.3 is 9.40 Å². The summed E-state index contributed by atoms with van der Waals surface area (Å²) in [5, 5.41) is 10.6. The summed E-state index contributed by atoms with van der Waals surface area (Å²) in [7, 11) is 0. The molecule has 0 saturated heterocycles. The summed E-state index contributed by atoms with van der Waals surface area (Å²) in [6.07, 6.45) is 1.54. The fourth-order valence-corrected chi connectivity index (χ4v) is 2.93. The molecule has 27 heavy (non-hydrogen) atoms. The maximum absolute atomic E-state index is 12.2. The molecular weight excluding hydrogens is 362 g/mol. The van der Waals surface area contributed by atoms with Gasteiger partial charge in [0.25, 0.3) is 5.56 Å². The van der Waals surface area contributed by atoms with Crippen LogP contribution >= 0.6 is 11.6 Å². The van der Waals surface area contributed by atoms with Crippen molar-refractivity contribution in [2.75, 3.05) is 0 Å². The van der Waals surface area contributed by atoms with Gasteiger partial charge in [0.2, 0.25) is 0 Å². The van der Waals surface area contributed by atoms with Crippen LogP contribution in [0.25, 0.3) is 33.9 Å². The first-order valence-electron chi connectivity index (χ1n) is 8.11. The van der Waals surface area contributed by atoms with Gasteiger partial charge in [0.05, 0.1) is 16.5 Å². The fraction of sp³-hybridized carbons (Fsp3) is 0. The Morgan fingerprint density at radius 2 is 2.00 bits per heavy atom. The number of aromatic amines is 1. The van der Waals surface area contributed by atoms with Crippen molar-refractivity contribution in [3.63, 3.8) is 0 Å². The fourth-order valence-electron chi connectivity index (χ4n) is 2.74. The molecule has 0 aliphatic carbocycles. The van der Waals surface area contributed by atoms with E-state index in [9.17, 15) is 10.1 Å². The van der Waals surface area contributed by atoms with Gasteiger partial charge in [-0.1, -0.05) is 35.9 Å². The zero-order chi connectivity index (χ0) is 18.8. The van der Waals surface area contributed by atoms with Crippen molar-refractivity contribution in [3.8, 4) is 17.4 Å². The lowest BCUT2D eigenvalue weighted by atomic mass is 10.2. The minimum absolute atomic E-state index is 0.196. The number of aromatic nitrogens is 2. The van der Waals surface area contributed by atoms with Gasteiger partial charge in [-0.25, -0.2) is 4.98 Å². The third kappa shape index (κ3) is 3.39. The van der Waals surface area contributed by atoms with E-state index in [1.54, 1.807) is 54.6 Å². The van der Waals surface area contributed by atoms with E-state index in [1.807, 2.05) is 12.1 Å². The van der Waals surface area contributed by atoms with Gasteiger partial charge in [0.15, 0.2) is 5.82 Å². The molecule has 4 rings (SSSR count). The maximum Gasteiger partial charge on any atom is 0.259 e. The number of allylic oxidation sites excluding steroid dienone is 1. The van der Waals surface area contributed by atoms with Crippen LogP contribution in [0.15, 0.2) is 69.9 Å². The number of H-pyrrole nitrogens is 1. The Bertz CT molecular complexity index is 1280. The third-order valence-electron chi connectivity index (χ3n) is 4.01. The highest BCUT2D eigenvalue weighted by atomic mass is 35.5. The van der Waals surface area contributed by atoms with E-state index in [4.69, 9.17) is 16.0 Å². The smallest absolute Gasteiger partial charge is 0.259 e. The van der Waals surface area contributed by atoms with Crippen molar-refractivity contribution in [2.24, 2.45) is 0 Å². The van der Waals surface area contributed by atoms with Crippen molar-refractivity contribution >= 4 is 34.2 Å². The molecule has 0 aliphatic heterocycles. The Balaban J connectivity index is 1.75. The average Bonchev–Trinajstić information content (AvgIpc) is 3.15. The van der Waals surface area contributed by atoms with E-state index in [-0.39, 0.29) is 17.0 Å². The Kier molecular flexibility index (Phi) is 4.33. The molecule has 2 aromatic heterocycles. The summed E-state index contributed by atoms with van der Waals surface area (Å²) in [5.74, 6) is 1.29. The van der Waals surface area contributed by atoms with Crippen LogP contribution in [0.1, 0.15) is 11.6 Å². The van der Waals surface area contributed by atoms with Gasteiger partial charge >= 0.3 is 0 Å². The summed E-state index contributed by atoms with van der Waals surface area (Å²) in [6, 6.07) is 19.9. The first-order chi connectivity index (χ1) is 13.1. The van der Waals surface area contributed by atoms with E-state index in [0.29, 0.717) is 27.4 Å². The Hall–Kier alpha value is -3.62. The molecule has 0 spiro atoms. The molecule has 0 unspecified atom stereocenters. The van der Waals surface area contributed by atoms with Crippen LogP contribution < -0.4 is 5.56 Å². The van der Waals surface area contributed by atoms with Crippen LogP contribution in [-0.2, 0) is 0 Å². The van der Waals surface area contributed by atoms with Crippen LogP contribution in [0.2, 0.25) is 5.02 Å². The molecule has 4 aromatic rings. The van der Waals surface area contributed by atoms with Crippen molar-refractivity contribution in [1.29, 1.82) is 5.26 Å². The normalized spacial score (nSPS) is 11.5. The standard InChI is InChI=1S/C21H12ClN3O2/c22-15-5-3-4-13(10-15)19-9-8-16(27-19)11-14(12-23)20-24-18-7-2-1-6-17(18)21(26)25-20/h1-11H,(H,24,25,26)/b14-11+. The summed E-state index contributed by atoms with van der Waals surface area (Å²) >= 11 is 6.01. The molecule has 0 radical (unpaired) electrons. The summed E-state index contributed by atoms with van der Waals surface area (Å²) in [5.41, 5.74) is 1.26. The summed E-state index contributed by atoms with van der Waals surface area (Å²) in [6.45, 7) is 0. The van der Waals surface area contributed by atoms with Gasteiger partial charge in [-0.15, -0.1) is 0 Å². The average molecular weight is 374 g/mol. The highest BCUT2D eigenvalue weighted by Gasteiger charge is 2.10. The first kappa shape index (κ1) is 16.8. The predicted molar refractivity (Wildman–Crippen MR) is 105 cm³/mol. The maximum atomic E-state index is 12.2. The van der Waals surface area contributed by atoms with E-state index >= 15 is 0 Å². The molecule has 0 fully saturated rings. The monoisotopic (exact) mass is 373 g/mol. The van der Waals surface area contributed by atoms with Crippen molar-refractivity contribution in [3.05, 3.63) is 87.6 Å². The molecule has 2 aromatic carbocycles. The van der Waals surface area contributed by atoms with Gasteiger partial charge in [0.1, 0.15) is 17.6 Å². The first-order valence-corrected chi connectivity index (χ1v) is 8.49. The molecule has 5 nitrogen and oxygen atoms in total. The molecule has 0 bridgehead atoms. The summed E-state index contributed by atoms with van der Waals surface area (Å²) < 4.78 is 5.79. The predicted octanol–water partition coefficient (Wildman–Crippen LogP) is 4.90. The number of nitrogens with zero attached hydrogens (tertiary/aromatic N) is 2. The molecule has 130 valence electrons. The second-order valence-corrected chi connectivity index (χ2v) is 6.25. The van der Waals surface area contributed by atoms with E-state index in [2.05, 4.69) is 16.0 Å². The molecule has 0 aliphatic rings. The second-order valence-electron chi connectivity index (χ2n) is 5.81. The minimum Gasteiger partial charge on any atom is -0.457 e. The van der Waals surface area contributed by atoms with E-state index in [1.165, 1.54) is 0 Å². The number of hydrogen-bond acceptors (Lipinski definition) is 4. The molecule has 2 heterocycles. The van der Waals surface area contributed by atoms with E-state index in [0.717, 1.165) is 5.56 Å². The zero-order valence-electron chi connectivity index (χ0n) is 13.9. The topological polar surface area (TPSA) is 82.7 Å². The number of halogens is 1. The number of hydrogen-bond donors (Lipinski definition) is 1. The quantitative estimate of drug-likeness (QED) is 0.518. The van der Waals surface area contributed by atoms with Gasteiger partial charge in [0, 0.05) is 16.7 Å². The lowest BCUT2D eigenvalue weighted by Crippen LogP contribution is -2.11. The number of fused-ring (bicyclic) bond motifs is 1. The molecule has 6 heteroatoms. The zero-order valence-corrected chi connectivity index (χ0v) is 14.7. The van der Waals surface area contributed by atoms with E-state index < -0.39 is 0 Å².